The van der Waals surface area contributed by atoms with E-state index in [9.17, 15) is 0 Å². The van der Waals surface area contributed by atoms with E-state index in [4.69, 9.17) is 28.8 Å². The number of anilines is 2. The van der Waals surface area contributed by atoms with E-state index in [-0.39, 0.29) is 12.1 Å². The molecule has 2 aromatic carbocycles. The normalized spacial score (nSPS) is 22.5. The Kier molecular flexibility index (Phi) is 7.79. The highest BCUT2D eigenvalue weighted by atomic mass is 35.5. The Morgan fingerprint density at radius 2 is 1.62 bits per heavy atom. The van der Waals surface area contributed by atoms with E-state index < -0.39 is 0 Å². The van der Waals surface area contributed by atoms with Crippen LogP contribution >= 0.6 is 23.8 Å². The van der Waals surface area contributed by atoms with Gasteiger partial charge in [0.25, 0.3) is 0 Å². The lowest BCUT2D eigenvalue weighted by molar-refractivity contribution is 0.357. The largest absolute Gasteiger partial charge is 0.370 e. The molecule has 0 aliphatic carbocycles. The molecule has 7 heteroatoms. The fourth-order valence-electron chi connectivity index (χ4n) is 7.30. The molecule has 42 heavy (non-hydrogen) atoms. The molecule has 4 heterocycles. The summed E-state index contributed by atoms with van der Waals surface area (Å²) in [5, 5.41) is 5.07. The second kappa shape index (κ2) is 11.4. The van der Waals surface area contributed by atoms with Crippen LogP contribution in [-0.4, -0.2) is 27.8 Å². The van der Waals surface area contributed by atoms with Crippen LogP contribution in [0.5, 0.6) is 0 Å². The molecule has 2 fully saturated rings. The zero-order valence-corrected chi connectivity index (χ0v) is 26.9. The van der Waals surface area contributed by atoms with Crippen LogP contribution < -0.4 is 15.1 Å². The average molecular weight is 598 g/mol. The Labute approximate surface area is 260 Å². The number of hydrogen-bond donors (Lipinski definition) is 1. The standard InChI is InChI=1S/C35H40ClN5S/c1-21-16-22(2)20-39(19-21)31-14-13-27(18-29(31)36)41-34(32(38-35(41)42)30-12-7-8-15-37-30)28-17-25(5)40(26(28)6)33-23(3)10-9-11-24(33)4/h7-15,17-18,21-22,32,34H,16,19-20H2,1-6H3,(H,38,42)/t21-,22+,32-,34-/m1/s1. The van der Waals surface area contributed by atoms with Crippen LogP contribution in [-0.2, 0) is 0 Å². The van der Waals surface area contributed by atoms with Gasteiger partial charge in [0.15, 0.2) is 5.11 Å². The molecule has 0 bridgehead atoms. The Morgan fingerprint density at radius 1 is 0.905 bits per heavy atom. The van der Waals surface area contributed by atoms with Gasteiger partial charge in [0.05, 0.1) is 34.2 Å². The number of pyridine rings is 1. The van der Waals surface area contributed by atoms with Gasteiger partial charge in [-0.25, -0.2) is 0 Å². The van der Waals surface area contributed by atoms with Gasteiger partial charge in [-0.3, -0.25) is 4.98 Å². The molecule has 0 saturated carbocycles. The van der Waals surface area contributed by atoms with Crippen molar-refractivity contribution in [3.63, 3.8) is 0 Å². The van der Waals surface area contributed by atoms with Crippen LogP contribution in [0.1, 0.15) is 66.1 Å². The summed E-state index contributed by atoms with van der Waals surface area (Å²) >= 11 is 13.1. The molecule has 0 amide bonds. The number of thiocarbonyl (C=S) groups is 1. The number of hydrogen-bond acceptors (Lipinski definition) is 3. The monoisotopic (exact) mass is 597 g/mol. The first-order valence-corrected chi connectivity index (χ1v) is 15.7. The van der Waals surface area contributed by atoms with Crippen molar-refractivity contribution in [2.75, 3.05) is 22.9 Å². The fourth-order valence-corrected chi connectivity index (χ4v) is 7.94. The van der Waals surface area contributed by atoms with Gasteiger partial charge in [0.2, 0.25) is 0 Å². The smallest absolute Gasteiger partial charge is 0.174 e. The zero-order valence-electron chi connectivity index (χ0n) is 25.4. The minimum atomic E-state index is -0.118. The highest BCUT2D eigenvalue weighted by Crippen LogP contribution is 2.45. The maximum Gasteiger partial charge on any atom is 0.174 e. The van der Waals surface area contributed by atoms with E-state index >= 15 is 0 Å². The first kappa shape index (κ1) is 28.8. The number of rotatable bonds is 5. The average Bonchev–Trinajstić information content (AvgIpc) is 3.43. The molecule has 2 saturated heterocycles. The number of halogens is 1. The van der Waals surface area contributed by atoms with Gasteiger partial charge in [-0.15, -0.1) is 0 Å². The molecule has 218 valence electrons. The van der Waals surface area contributed by atoms with E-state index in [1.165, 1.54) is 40.2 Å². The molecule has 4 aromatic rings. The topological polar surface area (TPSA) is 36.3 Å². The van der Waals surface area contributed by atoms with Gasteiger partial charge in [0, 0.05) is 36.4 Å². The number of nitrogens with one attached hydrogen (secondary N) is 1. The molecule has 4 atom stereocenters. The van der Waals surface area contributed by atoms with Crippen molar-refractivity contribution >= 4 is 40.3 Å². The van der Waals surface area contributed by atoms with Crippen LogP contribution in [0.15, 0.2) is 66.9 Å². The lowest BCUT2D eigenvalue weighted by Crippen LogP contribution is -2.38. The van der Waals surface area contributed by atoms with Gasteiger partial charge in [-0.1, -0.05) is 49.7 Å². The number of aromatic nitrogens is 2. The summed E-state index contributed by atoms with van der Waals surface area (Å²) in [5.74, 6) is 1.30. The van der Waals surface area contributed by atoms with E-state index in [1.54, 1.807) is 0 Å². The minimum absolute atomic E-state index is 0.103. The molecule has 0 radical (unpaired) electrons. The highest BCUT2D eigenvalue weighted by molar-refractivity contribution is 7.80. The van der Waals surface area contributed by atoms with Gasteiger partial charge < -0.3 is 19.7 Å². The van der Waals surface area contributed by atoms with Crippen LogP contribution in [0.4, 0.5) is 11.4 Å². The Morgan fingerprint density at radius 3 is 2.26 bits per heavy atom. The van der Waals surface area contributed by atoms with E-state index in [0.29, 0.717) is 16.9 Å². The summed E-state index contributed by atoms with van der Waals surface area (Å²) in [6, 6.07) is 21.1. The zero-order chi connectivity index (χ0) is 29.7. The lowest BCUT2D eigenvalue weighted by atomic mass is 9.91. The van der Waals surface area contributed by atoms with E-state index in [1.807, 2.05) is 18.3 Å². The number of para-hydroxylation sites is 1. The van der Waals surface area contributed by atoms with Crippen molar-refractivity contribution < 1.29 is 0 Å². The fraction of sp³-hybridized carbons (Fsp3) is 0.371. The molecule has 6 rings (SSSR count). The van der Waals surface area contributed by atoms with Gasteiger partial charge in [0.1, 0.15) is 0 Å². The lowest BCUT2D eigenvalue weighted by Gasteiger charge is -2.37. The number of piperidine rings is 1. The third-order valence-corrected chi connectivity index (χ3v) is 9.59. The predicted molar refractivity (Wildman–Crippen MR) is 179 cm³/mol. The van der Waals surface area contributed by atoms with E-state index in [0.717, 1.165) is 35.2 Å². The molecular formula is C35H40ClN5S. The minimum Gasteiger partial charge on any atom is -0.370 e. The molecule has 5 nitrogen and oxygen atoms in total. The van der Waals surface area contributed by atoms with Crippen molar-refractivity contribution in [2.24, 2.45) is 11.8 Å². The molecule has 2 aliphatic heterocycles. The molecule has 2 aromatic heterocycles. The molecule has 2 aliphatic rings. The van der Waals surface area contributed by atoms with Crippen molar-refractivity contribution in [2.45, 2.75) is 60.0 Å². The molecule has 1 N–H and O–H groups in total. The molecule has 0 spiro atoms. The van der Waals surface area contributed by atoms with Crippen LogP contribution in [0.25, 0.3) is 5.69 Å². The van der Waals surface area contributed by atoms with Crippen molar-refractivity contribution in [1.82, 2.24) is 14.9 Å². The van der Waals surface area contributed by atoms with Gasteiger partial charge in [-0.05, 0) is 111 Å². The summed E-state index contributed by atoms with van der Waals surface area (Å²) < 4.78 is 2.39. The Balaban J connectivity index is 1.46. The van der Waals surface area contributed by atoms with Crippen LogP contribution in [0.3, 0.4) is 0 Å². The maximum atomic E-state index is 7.06. The quantitative estimate of drug-likeness (QED) is 0.234. The highest BCUT2D eigenvalue weighted by Gasteiger charge is 2.42. The second-order valence-corrected chi connectivity index (χ2v) is 13.2. The first-order valence-electron chi connectivity index (χ1n) is 14.9. The summed E-state index contributed by atoms with van der Waals surface area (Å²) in [4.78, 5) is 9.44. The summed E-state index contributed by atoms with van der Waals surface area (Å²) in [5.41, 5.74) is 10.4. The second-order valence-electron chi connectivity index (χ2n) is 12.4. The van der Waals surface area contributed by atoms with Gasteiger partial charge in [-0.2, -0.15) is 0 Å². The van der Waals surface area contributed by atoms with Crippen molar-refractivity contribution in [1.29, 1.82) is 0 Å². The summed E-state index contributed by atoms with van der Waals surface area (Å²) in [6.45, 7) is 15.5. The third kappa shape index (κ3) is 5.09. The number of benzene rings is 2. The third-order valence-electron chi connectivity index (χ3n) is 8.97. The first-order chi connectivity index (χ1) is 20.1. The van der Waals surface area contributed by atoms with E-state index in [2.05, 4.69) is 110 Å². The van der Waals surface area contributed by atoms with Gasteiger partial charge >= 0.3 is 0 Å². The SMILES string of the molecule is Cc1cccc(C)c1-n1c(C)cc([C@@H]2[C@@H](c3ccccn3)NC(=S)N2c2ccc(N3C[C@H](C)C[C@H](C)C3)c(Cl)c2)c1C. The molecule has 0 unspecified atom stereocenters. The van der Waals surface area contributed by atoms with Crippen LogP contribution in [0.2, 0.25) is 5.02 Å². The van der Waals surface area contributed by atoms with Crippen LogP contribution in [0, 0.1) is 39.5 Å². The van der Waals surface area contributed by atoms with Crippen molar-refractivity contribution in [3.05, 3.63) is 106 Å². The number of aryl methyl sites for hydroxylation is 3. The Bertz CT molecular complexity index is 1600. The Hall–Kier alpha value is -3.35. The van der Waals surface area contributed by atoms with Crippen molar-refractivity contribution in [3.8, 4) is 5.69 Å². The summed E-state index contributed by atoms with van der Waals surface area (Å²) in [6.07, 6.45) is 3.11. The molecular weight excluding hydrogens is 558 g/mol. The summed E-state index contributed by atoms with van der Waals surface area (Å²) in [7, 11) is 0. The predicted octanol–water partition coefficient (Wildman–Crippen LogP) is 8.42. The number of nitrogens with zero attached hydrogens (tertiary/aromatic N) is 4. The maximum absolute atomic E-state index is 7.06.